The van der Waals surface area contributed by atoms with Gasteiger partial charge in [-0.1, -0.05) is 110 Å². The molecule has 0 radical (unpaired) electrons. The van der Waals surface area contributed by atoms with E-state index in [0.29, 0.717) is 29.4 Å². The topological polar surface area (TPSA) is 315 Å². The smallest absolute Gasteiger partial charge is 0.334 e. The molecule has 0 aromatic carbocycles. The molecule has 2 heterocycles. The minimum atomic E-state index is -2.43. The van der Waals surface area contributed by atoms with Gasteiger partial charge in [-0.25, -0.2) is 4.79 Å². The molecule has 0 aromatic rings. The summed E-state index contributed by atoms with van der Waals surface area (Å²) >= 11 is 0. The second-order valence-electron chi connectivity index (χ2n) is 23.6. The highest BCUT2D eigenvalue weighted by molar-refractivity contribution is 5.88. The van der Waals surface area contributed by atoms with Gasteiger partial charge in [0.1, 0.15) is 18.3 Å². The summed E-state index contributed by atoms with van der Waals surface area (Å²) in [7, 11) is 1.63. The summed E-state index contributed by atoms with van der Waals surface area (Å²) in [6.45, 7) is 17.4. The summed E-state index contributed by atoms with van der Waals surface area (Å²) in [5.41, 5.74) is 6.59. The second-order valence-corrected chi connectivity index (χ2v) is 23.6. The largest absolute Gasteiger partial charge is 0.462 e. The molecule has 2 aliphatic heterocycles. The third kappa shape index (κ3) is 27.9. The van der Waals surface area contributed by atoms with Crippen molar-refractivity contribution in [3.8, 4) is 0 Å². The minimum absolute atomic E-state index is 0.0388. The van der Waals surface area contributed by atoms with Crippen molar-refractivity contribution in [2.45, 2.75) is 257 Å². The molecule has 456 valence electrons. The standard InChI is InChI=1S/C61H107N3O15/c1-38(2)21-16-17-27-56(73)77-48-32-46(65)31-47(66)33-51(68)39(3)23-19-25-43(7)57(42(6)22-15-13-11-12-14-18-30-64-60(62)63-10)78-59(75)44(8)26-20-24-40(4)52(69)36-53(70)45(9)50(67)29-28-41(5)55(72)37-61(76)58(74)54(71)35-49(34-48)79-61/h11-12,19-20,23-26,38,40-43,45-55,57-58,65-72,74,76H,13-18,21-22,27-37H2,1-10H3,(H3,62,63,64)/b12-11+,24-20+,25-19-,39-23-,44-26-/t40-,41+,42+,43-,45-,46+,47+,48-,49-,50-,51-,52+,53-,54-,55+,57-,58+,61+/m1/s1. The van der Waals surface area contributed by atoms with Gasteiger partial charge in [0.2, 0.25) is 0 Å². The fourth-order valence-corrected chi connectivity index (χ4v) is 10.2. The molecular formula is C61H107N3O15. The van der Waals surface area contributed by atoms with E-state index in [9.17, 15) is 60.7 Å². The van der Waals surface area contributed by atoms with Crippen LogP contribution in [0.15, 0.2) is 64.7 Å². The van der Waals surface area contributed by atoms with Gasteiger partial charge in [0.15, 0.2) is 11.7 Å². The van der Waals surface area contributed by atoms with Gasteiger partial charge in [0.25, 0.3) is 0 Å². The Balaban J connectivity index is 2.44. The van der Waals surface area contributed by atoms with Gasteiger partial charge in [-0.05, 0) is 95.0 Å². The Morgan fingerprint density at radius 2 is 1.42 bits per heavy atom. The first-order valence-electron chi connectivity index (χ1n) is 29.4. The van der Waals surface area contributed by atoms with Crippen LogP contribution >= 0.6 is 0 Å². The van der Waals surface area contributed by atoms with E-state index < -0.39 is 115 Å². The fourth-order valence-electron chi connectivity index (χ4n) is 10.2. The van der Waals surface area contributed by atoms with Crippen LogP contribution in [0.4, 0.5) is 0 Å². The van der Waals surface area contributed by atoms with Crippen LogP contribution < -0.4 is 11.1 Å². The predicted octanol–water partition coefficient (Wildman–Crippen LogP) is 6.11. The second kappa shape index (κ2) is 37.5. The highest BCUT2D eigenvalue weighted by Gasteiger charge is 2.50. The van der Waals surface area contributed by atoms with Crippen molar-refractivity contribution in [2.75, 3.05) is 13.6 Å². The Morgan fingerprint density at radius 3 is 2.09 bits per heavy atom. The molecule has 0 aliphatic carbocycles. The van der Waals surface area contributed by atoms with Crippen LogP contribution in [0.25, 0.3) is 0 Å². The van der Waals surface area contributed by atoms with Crippen molar-refractivity contribution in [3.63, 3.8) is 0 Å². The summed E-state index contributed by atoms with van der Waals surface area (Å²) in [6.07, 6.45) is 6.83. The maximum Gasteiger partial charge on any atom is 0.334 e. The molecule has 1 saturated heterocycles. The average molecular weight is 1120 g/mol. The average Bonchev–Trinajstić information content (AvgIpc) is 3.38. The van der Waals surface area contributed by atoms with Crippen LogP contribution in [0.3, 0.4) is 0 Å². The molecule has 2 rings (SSSR count). The molecule has 2 aliphatic rings. The van der Waals surface area contributed by atoms with E-state index in [-0.39, 0.29) is 69.6 Å². The van der Waals surface area contributed by atoms with Gasteiger partial charge in [0, 0.05) is 81.9 Å². The number of esters is 2. The Hall–Kier alpha value is -3.53. The fraction of sp³-hybridized carbons (Fsp3) is 0.787. The monoisotopic (exact) mass is 1120 g/mol. The van der Waals surface area contributed by atoms with Crippen molar-refractivity contribution < 1.29 is 74.9 Å². The molecule has 0 aromatic heterocycles. The van der Waals surface area contributed by atoms with E-state index in [2.05, 4.69) is 43.2 Å². The van der Waals surface area contributed by atoms with Gasteiger partial charge < -0.3 is 76.3 Å². The number of hydrogen-bond donors (Lipinski definition) is 12. The lowest BCUT2D eigenvalue weighted by Crippen LogP contribution is -2.60. The minimum Gasteiger partial charge on any atom is -0.462 e. The van der Waals surface area contributed by atoms with E-state index in [0.717, 1.165) is 51.5 Å². The molecule has 1 fully saturated rings. The number of carbonyl (C=O) groups is 2. The van der Waals surface area contributed by atoms with E-state index in [1.165, 1.54) is 0 Å². The summed E-state index contributed by atoms with van der Waals surface area (Å²) in [6, 6.07) is 0. The Kier molecular flexibility index (Phi) is 34.0. The SMILES string of the molecule is CN=C(N)NCCC/C=C/CCC[C@H](C)[C@H]1OC(=O)/C(C)=C\C=C\[C@@H](C)[C@@H](O)C[C@@H](O)[C@H](C)[C@H](O)CC[C@H](C)[C@@H](O)C[C@]2(O)O[C@H](C[C@H](OC(=O)CCCCC(C)C)C[C@@H](O)C[C@H](O)C[C@@H](O)/C(C)=C\C=C/[C@H]1C)C[C@@H](O)[C@@H]2O. The van der Waals surface area contributed by atoms with E-state index in [1.54, 1.807) is 72.0 Å². The quantitative estimate of drug-likeness (QED) is 0.0289. The van der Waals surface area contributed by atoms with Crippen LogP contribution in [-0.4, -0.2) is 162 Å². The highest BCUT2D eigenvalue weighted by atomic mass is 16.7. The van der Waals surface area contributed by atoms with Crippen LogP contribution in [0.1, 0.15) is 178 Å². The first-order valence-corrected chi connectivity index (χ1v) is 29.4. The predicted molar refractivity (Wildman–Crippen MR) is 308 cm³/mol. The number of cyclic esters (lactones) is 1. The number of allylic oxidation sites excluding steroid dienone is 6. The van der Waals surface area contributed by atoms with Gasteiger partial charge in [-0.3, -0.25) is 9.79 Å². The number of ether oxygens (including phenoxy) is 3. The van der Waals surface area contributed by atoms with Crippen molar-refractivity contribution in [3.05, 3.63) is 59.8 Å². The van der Waals surface area contributed by atoms with Crippen LogP contribution in [0, 0.1) is 35.5 Å². The maximum atomic E-state index is 13.7. The highest BCUT2D eigenvalue weighted by Crippen LogP contribution is 2.36. The third-order valence-corrected chi connectivity index (χ3v) is 15.9. The number of carbonyl (C=O) groups excluding carboxylic acids is 2. The lowest BCUT2D eigenvalue weighted by atomic mass is 9.84. The zero-order valence-electron chi connectivity index (χ0n) is 49.5. The van der Waals surface area contributed by atoms with Gasteiger partial charge in [-0.15, -0.1) is 0 Å². The number of guanidine groups is 1. The number of nitrogens with one attached hydrogen (secondary N) is 1. The number of hydrogen-bond acceptors (Lipinski definition) is 16. The molecule has 0 unspecified atom stereocenters. The Morgan fingerprint density at radius 1 is 0.772 bits per heavy atom. The number of aliphatic hydroxyl groups is 10. The number of aliphatic imine (C=N–C) groups is 1. The van der Waals surface area contributed by atoms with Crippen molar-refractivity contribution >= 4 is 17.9 Å². The number of nitrogens with zero attached hydrogens (tertiary/aromatic N) is 1. The normalized spacial score (nSPS) is 37.1. The van der Waals surface area contributed by atoms with Crippen LogP contribution in [0.5, 0.6) is 0 Å². The number of aliphatic hydroxyl groups excluding tert-OH is 9. The summed E-state index contributed by atoms with van der Waals surface area (Å²) in [5, 5.41) is 115. The summed E-state index contributed by atoms with van der Waals surface area (Å²) in [5.74, 6) is -4.55. The molecule has 0 spiro atoms. The number of rotatable bonds is 15. The number of nitrogens with two attached hydrogens (primary N) is 1. The maximum absolute atomic E-state index is 13.7. The number of fused-ring (bicyclic) bond motifs is 2. The first kappa shape index (κ1) is 71.6. The van der Waals surface area contributed by atoms with Gasteiger partial charge in [-0.2, -0.15) is 0 Å². The lowest BCUT2D eigenvalue weighted by molar-refractivity contribution is -0.333. The molecule has 18 atom stereocenters. The summed E-state index contributed by atoms with van der Waals surface area (Å²) < 4.78 is 18.2. The molecular weight excluding hydrogens is 1010 g/mol. The van der Waals surface area contributed by atoms with Gasteiger partial charge >= 0.3 is 11.9 Å². The molecule has 79 heavy (non-hydrogen) atoms. The zero-order chi connectivity index (χ0) is 59.4. The molecule has 0 amide bonds. The van der Waals surface area contributed by atoms with E-state index in [1.807, 2.05) is 13.0 Å². The van der Waals surface area contributed by atoms with Crippen molar-refractivity contribution in [1.29, 1.82) is 0 Å². The van der Waals surface area contributed by atoms with E-state index >= 15 is 0 Å². The molecule has 18 nitrogen and oxygen atoms in total. The number of unbranched alkanes of at least 4 members (excludes halogenated alkanes) is 3. The zero-order valence-corrected chi connectivity index (χ0v) is 49.5. The van der Waals surface area contributed by atoms with Gasteiger partial charge in [0.05, 0.1) is 54.9 Å². The first-order chi connectivity index (χ1) is 37.2. The summed E-state index contributed by atoms with van der Waals surface area (Å²) in [4.78, 5) is 30.8. The van der Waals surface area contributed by atoms with Crippen molar-refractivity contribution in [1.82, 2.24) is 5.32 Å². The third-order valence-electron chi connectivity index (χ3n) is 15.9. The molecule has 13 N–H and O–H groups in total. The van der Waals surface area contributed by atoms with E-state index in [4.69, 9.17) is 19.9 Å². The molecule has 2 bridgehead atoms. The van der Waals surface area contributed by atoms with Crippen LogP contribution in [-0.2, 0) is 23.8 Å². The molecule has 18 heteroatoms. The van der Waals surface area contributed by atoms with Crippen molar-refractivity contribution in [2.24, 2.45) is 46.2 Å². The van der Waals surface area contributed by atoms with Crippen LogP contribution in [0.2, 0.25) is 0 Å². The lowest BCUT2D eigenvalue weighted by Gasteiger charge is -2.45. The Labute approximate surface area is 473 Å². The molecule has 0 saturated carbocycles. The Bertz CT molecular complexity index is 1930.